The fourth-order valence-corrected chi connectivity index (χ4v) is 1.88. The number of thioether (sulfide) groups is 1. The number of hydrogen-bond donors (Lipinski definition) is 1. The number of hydrogen-bond acceptors (Lipinski definition) is 4. The lowest BCUT2D eigenvalue weighted by Gasteiger charge is -2.05. The molecular weight excluding hydrogens is 252 g/mol. The second kappa shape index (κ2) is 5.64. The third kappa shape index (κ3) is 2.87. The van der Waals surface area contributed by atoms with Gasteiger partial charge in [-0.3, -0.25) is 0 Å². The van der Waals surface area contributed by atoms with Crippen LogP contribution in [0.2, 0.25) is 0 Å². The van der Waals surface area contributed by atoms with Gasteiger partial charge in [0.2, 0.25) is 5.76 Å². The van der Waals surface area contributed by atoms with Crippen LogP contribution >= 0.6 is 11.8 Å². The first-order valence-electron chi connectivity index (χ1n) is 5.27. The number of benzene rings is 1. The third-order valence-electron chi connectivity index (χ3n) is 2.39. The number of carboxylic acid groups (broad SMARTS) is 1. The van der Waals surface area contributed by atoms with Gasteiger partial charge in [0.1, 0.15) is 12.4 Å². The number of carboxylic acids is 1. The molecule has 0 radical (unpaired) electrons. The largest absolute Gasteiger partial charge is 0.489 e. The van der Waals surface area contributed by atoms with Gasteiger partial charge in [-0.2, -0.15) is 0 Å². The number of carbonyl (C=O) groups is 1. The third-order valence-corrected chi connectivity index (χ3v) is 3.14. The van der Waals surface area contributed by atoms with Crippen molar-refractivity contribution in [3.63, 3.8) is 0 Å². The first-order chi connectivity index (χ1) is 8.70. The SMILES string of the molecule is CSc1ccc(OCc2ccoc2C(=O)O)cc1. The molecule has 5 heteroatoms. The fourth-order valence-electron chi connectivity index (χ4n) is 1.47. The Balaban J connectivity index is 2.02. The van der Waals surface area contributed by atoms with Crippen LogP contribution in [0.15, 0.2) is 45.9 Å². The Kier molecular flexibility index (Phi) is 3.94. The summed E-state index contributed by atoms with van der Waals surface area (Å²) in [6, 6.07) is 9.21. The normalized spacial score (nSPS) is 10.3. The Hall–Kier alpha value is -1.88. The summed E-state index contributed by atoms with van der Waals surface area (Å²) in [5.74, 6) is -0.461. The summed E-state index contributed by atoms with van der Waals surface area (Å²) in [6.07, 6.45) is 3.35. The van der Waals surface area contributed by atoms with E-state index in [4.69, 9.17) is 14.3 Å². The summed E-state index contributed by atoms with van der Waals surface area (Å²) in [6.45, 7) is 0.177. The maximum atomic E-state index is 10.8. The molecule has 0 atom stereocenters. The van der Waals surface area contributed by atoms with Crippen LogP contribution in [0.4, 0.5) is 0 Å². The summed E-state index contributed by atoms with van der Waals surface area (Å²) >= 11 is 1.65. The number of furan rings is 1. The average molecular weight is 264 g/mol. The van der Waals surface area contributed by atoms with Crippen LogP contribution in [0.25, 0.3) is 0 Å². The van der Waals surface area contributed by atoms with Crippen molar-refractivity contribution < 1.29 is 19.1 Å². The Morgan fingerprint density at radius 1 is 1.33 bits per heavy atom. The van der Waals surface area contributed by atoms with E-state index < -0.39 is 5.97 Å². The number of rotatable bonds is 5. The molecule has 0 unspecified atom stereocenters. The fraction of sp³-hybridized carbons (Fsp3) is 0.154. The lowest BCUT2D eigenvalue weighted by atomic mass is 10.2. The monoisotopic (exact) mass is 264 g/mol. The molecule has 0 aliphatic rings. The summed E-state index contributed by atoms with van der Waals surface area (Å²) in [4.78, 5) is 12.0. The van der Waals surface area contributed by atoms with E-state index in [0.29, 0.717) is 11.3 Å². The van der Waals surface area contributed by atoms with E-state index in [9.17, 15) is 4.79 Å². The molecule has 94 valence electrons. The van der Waals surface area contributed by atoms with Gasteiger partial charge in [-0.1, -0.05) is 0 Å². The molecule has 2 rings (SSSR count). The van der Waals surface area contributed by atoms with Crippen molar-refractivity contribution in [3.8, 4) is 5.75 Å². The van der Waals surface area contributed by atoms with Gasteiger partial charge in [0.15, 0.2) is 0 Å². The highest BCUT2D eigenvalue weighted by atomic mass is 32.2. The van der Waals surface area contributed by atoms with E-state index in [2.05, 4.69) is 0 Å². The highest BCUT2D eigenvalue weighted by Crippen LogP contribution is 2.20. The summed E-state index contributed by atoms with van der Waals surface area (Å²) in [5, 5.41) is 8.87. The Labute approximate surface area is 109 Å². The van der Waals surface area contributed by atoms with Crippen LogP contribution in [-0.2, 0) is 6.61 Å². The Morgan fingerprint density at radius 3 is 2.67 bits per heavy atom. The van der Waals surface area contributed by atoms with E-state index in [1.165, 1.54) is 6.26 Å². The first-order valence-corrected chi connectivity index (χ1v) is 6.49. The van der Waals surface area contributed by atoms with Crippen molar-refractivity contribution in [1.82, 2.24) is 0 Å². The quantitative estimate of drug-likeness (QED) is 0.840. The lowest BCUT2D eigenvalue weighted by molar-refractivity contribution is 0.0658. The maximum absolute atomic E-state index is 10.8. The van der Waals surface area contributed by atoms with E-state index in [-0.39, 0.29) is 12.4 Å². The Morgan fingerprint density at radius 2 is 2.06 bits per heavy atom. The molecule has 0 aliphatic carbocycles. The molecule has 0 spiro atoms. The van der Waals surface area contributed by atoms with E-state index in [1.54, 1.807) is 17.8 Å². The lowest BCUT2D eigenvalue weighted by Crippen LogP contribution is -2.02. The molecule has 0 bridgehead atoms. The standard InChI is InChI=1S/C13H12O4S/c1-18-11-4-2-10(3-5-11)17-8-9-6-7-16-12(9)13(14)15/h2-7H,8H2,1H3,(H,14,15). The molecule has 1 N–H and O–H groups in total. The van der Waals surface area contributed by atoms with Gasteiger partial charge in [-0.15, -0.1) is 11.8 Å². The average Bonchev–Trinajstić information content (AvgIpc) is 2.85. The van der Waals surface area contributed by atoms with Crippen molar-refractivity contribution in [3.05, 3.63) is 47.9 Å². The predicted octanol–water partition coefficient (Wildman–Crippen LogP) is 3.28. The van der Waals surface area contributed by atoms with Gasteiger partial charge in [-0.25, -0.2) is 4.79 Å². The smallest absolute Gasteiger partial charge is 0.372 e. The molecule has 18 heavy (non-hydrogen) atoms. The van der Waals surface area contributed by atoms with Crippen LogP contribution in [0.1, 0.15) is 16.1 Å². The van der Waals surface area contributed by atoms with Gasteiger partial charge in [-0.05, 0) is 36.6 Å². The van der Waals surface area contributed by atoms with Gasteiger partial charge < -0.3 is 14.3 Å². The maximum Gasteiger partial charge on any atom is 0.372 e. The van der Waals surface area contributed by atoms with Crippen molar-refractivity contribution in [2.24, 2.45) is 0 Å². The second-order valence-electron chi connectivity index (χ2n) is 3.54. The highest BCUT2D eigenvalue weighted by molar-refractivity contribution is 7.98. The van der Waals surface area contributed by atoms with Gasteiger partial charge in [0.05, 0.1) is 6.26 Å². The van der Waals surface area contributed by atoms with Crippen LogP contribution in [0, 0.1) is 0 Å². The predicted molar refractivity (Wildman–Crippen MR) is 68.2 cm³/mol. The number of ether oxygens (including phenoxy) is 1. The number of aromatic carboxylic acids is 1. The van der Waals surface area contributed by atoms with Crippen molar-refractivity contribution in [2.75, 3.05) is 6.26 Å². The molecule has 1 heterocycles. The minimum absolute atomic E-state index is 0.0734. The minimum Gasteiger partial charge on any atom is -0.489 e. The summed E-state index contributed by atoms with van der Waals surface area (Å²) < 4.78 is 10.4. The van der Waals surface area contributed by atoms with Gasteiger partial charge in [0, 0.05) is 10.5 Å². The second-order valence-corrected chi connectivity index (χ2v) is 4.42. The zero-order valence-electron chi connectivity index (χ0n) is 9.75. The van der Waals surface area contributed by atoms with Crippen LogP contribution < -0.4 is 4.74 Å². The molecule has 1 aromatic heterocycles. The molecule has 0 amide bonds. The topological polar surface area (TPSA) is 59.7 Å². The molecule has 0 saturated heterocycles. The van der Waals surface area contributed by atoms with Gasteiger partial charge in [0.25, 0.3) is 0 Å². The van der Waals surface area contributed by atoms with Crippen molar-refractivity contribution in [1.29, 1.82) is 0 Å². The van der Waals surface area contributed by atoms with Gasteiger partial charge >= 0.3 is 5.97 Å². The van der Waals surface area contributed by atoms with Crippen molar-refractivity contribution >= 4 is 17.7 Å². The van der Waals surface area contributed by atoms with Crippen molar-refractivity contribution in [2.45, 2.75) is 11.5 Å². The molecule has 0 fully saturated rings. The molecule has 0 aliphatic heterocycles. The van der Waals surface area contributed by atoms with Crippen LogP contribution in [0.3, 0.4) is 0 Å². The van der Waals surface area contributed by atoms with E-state index in [0.717, 1.165) is 4.90 Å². The molecule has 1 aromatic carbocycles. The highest BCUT2D eigenvalue weighted by Gasteiger charge is 2.14. The van der Waals surface area contributed by atoms with E-state index in [1.807, 2.05) is 30.5 Å². The molecule has 4 nitrogen and oxygen atoms in total. The molecular formula is C13H12O4S. The molecule has 2 aromatic rings. The zero-order chi connectivity index (χ0) is 13.0. The van der Waals surface area contributed by atoms with Crippen LogP contribution in [-0.4, -0.2) is 17.3 Å². The summed E-state index contributed by atoms with van der Waals surface area (Å²) in [7, 11) is 0. The van der Waals surface area contributed by atoms with Crippen LogP contribution in [0.5, 0.6) is 5.75 Å². The summed E-state index contributed by atoms with van der Waals surface area (Å²) in [5.41, 5.74) is 0.524. The van der Waals surface area contributed by atoms with E-state index >= 15 is 0 Å². The molecule has 0 saturated carbocycles. The zero-order valence-corrected chi connectivity index (χ0v) is 10.6. The Bertz CT molecular complexity index is 530. The first kappa shape index (κ1) is 12.6. The minimum atomic E-state index is -1.09.